The fourth-order valence-electron chi connectivity index (χ4n) is 1.96. The summed E-state index contributed by atoms with van der Waals surface area (Å²) in [6.45, 7) is 3.11. The predicted molar refractivity (Wildman–Crippen MR) is 56.7 cm³/mol. The fourth-order valence-corrected chi connectivity index (χ4v) is 1.96. The molecule has 0 unspecified atom stereocenters. The first-order chi connectivity index (χ1) is 6.84. The first-order valence-electron chi connectivity index (χ1n) is 5.22. The highest BCUT2D eigenvalue weighted by atomic mass is 15.1. The topological polar surface area (TPSA) is 42.1 Å². The lowest BCUT2D eigenvalue weighted by molar-refractivity contribution is 0.199. The van der Waals surface area contributed by atoms with Crippen molar-refractivity contribution in [1.29, 1.82) is 0 Å². The van der Waals surface area contributed by atoms with Crippen molar-refractivity contribution in [3.8, 4) is 0 Å². The summed E-state index contributed by atoms with van der Waals surface area (Å²) in [7, 11) is 0. The van der Waals surface area contributed by atoms with Gasteiger partial charge >= 0.3 is 0 Å². The Balaban J connectivity index is 1.91. The number of piperidine rings is 1. The zero-order valence-corrected chi connectivity index (χ0v) is 8.39. The van der Waals surface area contributed by atoms with Crippen LogP contribution in [0.25, 0.3) is 0 Å². The Hall–Kier alpha value is -0.930. The van der Waals surface area contributed by atoms with Crippen LogP contribution in [0.4, 0.5) is 0 Å². The molecule has 2 N–H and O–H groups in total. The lowest BCUT2D eigenvalue weighted by atomic mass is 10.1. The summed E-state index contributed by atoms with van der Waals surface area (Å²) in [6, 6.07) is 6.41. The standard InChI is InChI=1S/C11H17N3/c12-10-4-3-7-14(8-10)9-11-5-1-2-6-13-11/h1-2,5-6,10H,3-4,7-9,12H2/t10-/m0/s1. The molecule has 0 aromatic carbocycles. The maximum Gasteiger partial charge on any atom is 0.0543 e. The van der Waals surface area contributed by atoms with E-state index in [1.54, 1.807) is 0 Å². The van der Waals surface area contributed by atoms with Gasteiger partial charge in [0.1, 0.15) is 0 Å². The first-order valence-corrected chi connectivity index (χ1v) is 5.22. The van der Waals surface area contributed by atoms with Crippen LogP contribution in [0, 0.1) is 0 Å². The van der Waals surface area contributed by atoms with Crippen molar-refractivity contribution in [2.75, 3.05) is 13.1 Å². The summed E-state index contributed by atoms with van der Waals surface area (Å²) >= 11 is 0. The van der Waals surface area contributed by atoms with Gasteiger partial charge in [-0.2, -0.15) is 0 Å². The van der Waals surface area contributed by atoms with Crippen LogP contribution in [0.1, 0.15) is 18.5 Å². The zero-order valence-electron chi connectivity index (χ0n) is 8.39. The van der Waals surface area contributed by atoms with Crippen LogP contribution in [0.5, 0.6) is 0 Å². The molecule has 0 amide bonds. The lowest BCUT2D eigenvalue weighted by Crippen LogP contribution is -2.42. The van der Waals surface area contributed by atoms with Crippen molar-refractivity contribution >= 4 is 0 Å². The Bertz CT molecular complexity index is 273. The Morgan fingerprint density at radius 1 is 1.50 bits per heavy atom. The van der Waals surface area contributed by atoms with E-state index >= 15 is 0 Å². The van der Waals surface area contributed by atoms with E-state index in [-0.39, 0.29) is 0 Å². The minimum Gasteiger partial charge on any atom is -0.327 e. The van der Waals surface area contributed by atoms with Gasteiger partial charge in [-0.25, -0.2) is 0 Å². The van der Waals surface area contributed by atoms with Gasteiger partial charge in [0.25, 0.3) is 0 Å². The molecule has 1 fully saturated rings. The molecule has 1 aromatic rings. The van der Waals surface area contributed by atoms with Gasteiger partial charge < -0.3 is 5.73 Å². The molecule has 0 spiro atoms. The summed E-state index contributed by atoms with van der Waals surface area (Å²) < 4.78 is 0. The highest BCUT2D eigenvalue weighted by molar-refractivity contribution is 5.03. The van der Waals surface area contributed by atoms with Crippen LogP contribution < -0.4 is 5.73 Å². The SMILES string of the molecule is N[C@H]1CCCN(Cc2ccccn2)C1. The Morgan fingerprint density at radius 3 is 3.14 bits per heavy atom. The Morgan fingerprint density at radius 2 is 2.43 bits per heavy atom. The first kappa shape index (κ1) is 9.62. The van der Waals surface area contributed by atoms with Gasteiger partial charge in [0.05, 0.1) is 5.69 Å². The minimum atomic E-state index is 0.354. The van der Waals surface area contributed by atoms with Crippen molar-refractivity contribution in [3.05, 3.63) is 30.1 Å². The maximum atomic E-state index is 5.92. The van der Waals surface area contributed by atoms with Gasteiger partial charge in [0, 0.05) is 25.3 Å². The lowest BCUT2D eigenvalue weighted by Gasteiger charge is -2.30. The molecule has 1 aliphatic heterocycles. The third-order valence-electron chi connectivity index (χ3n) is 2.65. The third kappa shape index (κ3) is 2.53. The molecule has 1 saturated heterocycles. The van der Waals surface area contributed by atoms with Crippen LogP contribution in [0.3, 0.4) is 0 Å². The smallest absolute Gasteiger partial charge is 0.0543 e. The molecule has 1 aromatic heterocycles. The molecule has 14 heavy (non-hydrogen) atoms. The Kier molecular flexibility index (Phi) is 3.11. The number of nitrogens with two attached hydrogens (primary N) is 1. The van der Waals surface area contributed by atoms with Crippen molar-refractivity contribution in [2.24, 2.45) is 5.73 Å². The summed E-state index contributed by atoms with van der Waals surface area (Å²) in [4.78, 5) is 6.70. The number of hydrogen-bond donors (Lipinski definition) is 1. The van der Waals surface area contributed by atoms with Gasteiger partial charge in [-0.1, -0.05) is 6.07 Å². The largest absolute Gasteiger partial charge is 0.327 e. The maximum absolute atomic E-state index is 5.92. The summed E-state index contributed by atoms with van der Waals surface area (Å²) in [5.74, 6) is 0. The minimum absolute atomic E-state index is 0.354. The number of nitrogens with zero attached hydrogens (tertiary/aromatic N) is 2. The number of pyridine rings is 1. The molecule has 2 rings (SSSR count). The van der Waals surface area contributed by atoms with Crippen LogP contribution in [-0.4, -0.2) is 29.0 Å². The second-order valence-corrected chi connectivity index (χ2v) is 3.96. The number of aromatic nitrogens is 1. The molecule has 3 heteroatoms. The Labute approximate surface area is 84.9 Å². The molecule has 0 radical (unpaired) electrons. The number of likely N-dealkylation sites (tertiary alicyclic amines) is 1. The normalized spacial score (nSPS) is 23.6. The van der Waals surface area contributed by atoms with Crippen LogP contribution in [0.2, 0.25) is 0 Å². The van der Waals surface area contributed by atoms with E-state index in [9.17, 15) is 0 Å². The predicted octanol–water partition coefficient (Wildman–Crippen LogP) is 1.00. The van der Waals surface area contributed by atoms with Crippen LogP contribution in [-0.2, 0) is 6.54 Å². The van der Waals surface area contributed by atoms with Crippen molar-refractivity contribution in [3.63, 3.8) is 0 Å². The fraction of sp³-hybridized carbons (Fsp3) is 0.545. The molecule has 0 bridgehead atoms. The van der Waals surface area contributed by atoms with E-state index in [0.717, 1.165) is 25.3 Å². The van der Waals surface area contributed by atoms with Gasteiger partial charge in [-0.15, -0.1) is 0 Å². The second kappa shape index (κ2) is 4.53. The molecular weight excluding hydrogens is 174 g/mol. The monoisotopic (exact) mass is 191 g/mol. The average Bonchev–Trinajstić information content (AvgIpc) is 2.19. The van der Waals surface area contributed by atoms with Crippen molar-refractivity contribution < 1.29 is 0 Å². The summed E-state index contributed by atoms with van der Waals surface area (Å²) in [5.41, 5.74) is 7.06. The molecule has 1 aliphatic rings. The zero-order chi connectivity index (χ0) is 9.80. The van der Waals surface area contributed by atoms with Crippen LogP contribution in [0.15, 0.2) is 24.4 Å². The van der Waals surface area contributed by atoms with E-state index in [2.05, 4.69) is 16.0 Å². The third-order valence-corrected chi connectivity index (χ3v) is 2.65. The van der Waals surface area contributed by atoms with Gasteiger partial charge in [0.2, 0.25) is 0 Å². The quantitative estimate of drug-likeness (QED) is 0.758. The van der Waals surface area contributed by atoms with E-state index in [4.69, 9.17) is 5.73 Å². The molecule has 0 aliphatic carbocycles. The number of rotatable bonds is 2. The number of hydrogen-bond acceptors (Lipinski definition) is 3. The molecular formula is C11H17N3. The van der Waals surface area contributed by atoms with Crippen molar-refractivity contribution in [1.82, 2.24) is 9.88 Å². The van der Waals surface area contributed by atoms with Crippen molar-refractivity contribution in [2.45, 2.75) is 25.4 Å². The summed E-state index contributed by atoms with van der Waals surface area (Å²) in [6.07, 6.45) is 4.23. The average molecular weight is 191 g/mol. The van der Waals surface area contributed by atoms with Gasteiger partial charge in [0.15, 0.2) is 0 Å². The van der Waals surface area contributed by atoms with E-state index in [0.29, 0.717) is 6.04 Å². The van der Waals surface area contributed by atoms with Gasteiger partial charge in [-0.3, -0.25) is 9.88 Å². The highest BCUT2D eigenvalue weighted by Crippen LogP contribution is 2.10. The van der Waals surface area contributed by atoms with E-state index in [1.807, 2.05) is 18.3 Å². The second-order valence-electron chi connectivity index (χ2n) is 3.96. The molecule has 1 atom stereocenters. The molecule has 0 saturated carbocycles. The molecule has 3 nitrogen and oxygen atoms in total. The van der Waals surface area contributed by atoms with E-state index in [1.165, 1.54) is 12.8 Å². The van der Waals surface area contributed by atoms with Crippen LogP contribution >= 0.6 is 0 Å². The summed E-state index contributed by atoms with van der Waals surface area (Å²) in [5, 5.41) is 0. The van der Waals surface area contributed by atoms with Gasteiger partial charge in [-0.05, 0) is 31.5 Å². The molecule has 76 valence electrons. The molecule has 2 heterocycles. The highest BCUT2D eigenvalue weighted by Gasteiger charge is 2.16. The van der Waals surface area contributed by atoms with E-state index < -0.39 is 0 Å².